The van der Waals surface area contributed by atoms with Crippen LogP contribution in [-0.4, -0.2) is 77.6 Å². The Morgan fingerprint density at radius 3 is 2.34 bits per heavy atom. The average molecular weight is 518 g/mol. The molecule has 0 saturated carbocycles. The number of carbonyl (C=O) groups is 2. The second kappa shape index (κ2) is 11.9. The maximum absolute atomic E-state index is 12.9. The summed E-state index contributed by atoms with van der Waals surface area (Å²) in [5.74, 6) is 2.31. The highest BCUT2D eigenvalue weighted by molar-refractivity contribution is 7.98. The largest absolute Gasteiger partial charge is 0.450 e. The number of thioether (sulfide) groups is 1. The molecule has 0 aliphatic carbocycles. The molecule has 0 atom stereocenters. The lowest BCUT2D eigenvalue weighted by Gasteiger charge is -2.34. The molecular formula is C25H32ClN5O3S. The second-order valence-corrected chi connectivity index (χ2v) is 10.3. The molecule has 8 nitrogen and oxygen atoms in total. The van der Waals surface area contributed by atoms with Crippen LogP contribution in [0.3, 0.4) is 0 Å². The van der Waals surface area contributed by atoms with E-state index in [0.29, 0.717) is 54.4 Å². The zero-order valence-corrected chi connectivity index (χ0v) is 21.9. The molecule has 2 aliphatic heterocycles. The molecule has 3 heterocycles. The molecule has 0 unspecified atom stereocenters. The molecule has 0 radical (unpaired) electrons. The van der Waals surface area contributed by atoms with Gasteiger partial charge in [-0.1, -0.05) is 42.4 Å². The maximum Gasteiger partial charge on any atom is 0.409 e. The van der Waals surface area contributed by atoms with Gasteiger partial charge in [-0.2, -0.15) is 0 Å². The summed E-state index contributed by atoms with van der Waals surface area (Å²) in [6.07, 6.45) is 2.01. The SMILES string of the molecule is CCOC(=O)N1CCN(C(=O)c2ccc(CSc3nc(Cl)cc(N4CCC(C)CC4)n3)cc2)CC1. The van der Waals surface area contributed by atoms with Gasteiger partial charge in [0.25, 0.3) is 5.91 Å². The third-order valence-corrected chi connectivity index (χ3v) is 7.54. The first kappa shape index (κ1) is 25.6. The highest BCUT2D eigenvalue weighted by Gasteiger charge is 2.25. The van der Waals surface area contributed by atoms with Gasteiger partial charge in [0.2, 0.25) is 0 Å². The zero-order valence-electron chi connectivity index (χ0n) is 20.3. The second-order valence-electron chi connectivity index (χ2n) is 8.96. The summed E-state index contributed by atoms with van der Waals surface area (Å²) in [6.45, 7) is 8.38. The van der Waals surface area contributed by atoms with Gasteiger partial charge in [-0.05, 0) is 43.4 Å². The van der Waals surface area contributed by atoms with Crippen molar-refractivity contribution in [1.82, 2.24) is 19.8 Å². The van der Waals surface area contributed by atoms with Gasteiger partial charge >= 0.3 is 6.09 Å². The van der Waals surface area contributed by atoms with Gasteiger partial charge in [0.1, 0.15) is 11.0 Å². The molecule has 188 valence electrons. The lowest BCUT2D eigenvalue weighted by atomic mass is 9.99. The molecule has 0 spiro atoms. The van der Waals surface area contributed by atoms with E-state index in [0.717, 1.165) is 43.2 Å². The summed E-state index contributed by atoms with van der Waals surface area (Å²) in [5, 5.41) is 1.12. The number of piperidine rings is 1. The van der Waals surface area contributed by atoms with E-state index in [1.807, 2.05) is 30.3 Å². The average Bonchev–Trinajstić information content (AvgIpc) is 2.88. The van der Waals surface area contributed by atoms with E-state index >= 15 is 0 Å². The van der Waals surface area contributed by atoms with Gasteiger partial charge in [-0.3, -0.25) is 4.79 Å². The fourth-order valence-corrected chi connectivity index (χ4v) is 5.27. The Morgan fingerprint density at radius 1 is 1.03 bits per heavy atom. The predicted molar refractivity (Wildman–Crippen MR) is 138 cm³/mol. The Morgan fingerprint density at radius 2 is 1.69 bits per heavy atom. The molecule has 0 bridgehead atoms. The van der Waals surface area contributed by atoms with Crippen LogP contribution in [-0.2, 0) is 10.5 Å². The Bertz CT molecular complexity index is 1020. The van der Waals surface area contributed by atoms with Crippen molar-refractivity contribution in [2.45, 2.75) is 37.6 Å². The van der Waals surface area contributed by atoms with E-state index in [9.17, 15) is 9.59 Å². The Labute approximate surface area is 216 Å². The summed E-state index contributed by atoms with van der Waals surface area (Å²) >= 11 is 7.83. The van der Waals surface area contributed by atoms with Crippen LogP contribution >= 0.6 is 23.4 Å². The molecule has 1 aromatic carbocycles. The molecule has 10 heteroatoms. The molecule has 4 rings (SSSR count). The van der Waals surface area contributed by atoms with E-state index in [-0.39, 0.29) is 12.0 Å². The number of carbonyl (C=O) groups excluding carboxylic acids is 2. The Kier molecular flexibility index (Phi) is 8.73. The number of halogens is 1. The minimum Gasteiger partial charge on any atom is -0.450 e. The van der Waals surface area contributed by atoms with E-state index < -0.39 is 0 Å². The third-order valence-electron chi connectivity index (χ3n) is 6.43. The predicted octanol–water partition coefficient (Wildman–Crippen LogP) is 4.57. The van der Waals surface area contributed by atoms with Gasteiger partial charge < -0.3 is 19.4 Å². The highest BCUT2D eigenvalue weighted by atomic mass is 35.5. The summed E-state index contributed by atoms with van der Waals surface area (Å²) < 4.78 is 5.04. The number of piperazine rings is 1. The van der Waals surface area contributed by atoms with Crippen molar-refractivity contribution in [3.63, 3.8) is 0 Å². The minimum absolute atomic E-state index is 0.0219. The molecule has 2 amide bonds. The van der Waals surface area contributed by atoms with Crippen LogP contribution in [0.15, 0.2) is 35.5 Å². The number of aromatic nitrogens is 2. The van der Waals surface area contributed by atoms with Crippen molar-refractivity contribution in [3.05, 3.63) is 46.6 Å². The van der Waals surface area contributed by atoms with Crippen LogP contribution in [0, 0.1) is 5.92 Å². The fraction of sp³-hybridized carbons (Fsp3) is 0.520. The maximum atomic E-state index is 12.9. The summed E-state index contributed by atoms with van der Waals surface area (Å²) in [4.78, 5) is 39.6. The van der Waals surface area contributed by atoms with Crippen molar-refractivity contribution in [2.24, 2.45) is 5.92 Å². The van der Waals surface area contributed by atoms with Gasteiger partial charge in [0.05, 0.1) is 6.61 Å². The van der Waals surface area contributed by atoms with Crippen LogP contribution in [0.5, 0.6) is 0 Å². The number of amides is 2. The quantitative estimate of drug-likeness (QED) is 0.315. The third kappa shape index (κ3) is 6.79. The molecule has 0 N–H and O–H groups in total. The number of ether oxygens (including phenoxy) is 1. The number of benzene rings is 1. The standard InChI is InChI=1S/C25H32ClN5O3S/c1-3-34-25(33)31-14-12-30(13-15-31)23(32)20-6-4-19(5-7-20)17-35-24-27-21(26)16-22(28-24)29-10-8-18(2)9-11-29/h4-7,16,18H,3,8-15,17H2,1-2H3. The molecule has 2 fully saturated rings. The molecule has 2 saturated heterocycles. The van der Waals surface area contributed by atoms with Crippen molar-refractivity contribution >= 4 is 41.2 Å². The Hall–Kier alpha value is -2.52. The Balaban J connectivity index is 1.30. The first-order valence-corrected chi connectivity index (χ1v) is 13.5. The number of hydrogen-bond acceptors (Lipinski definition) is 7. The molecule has 35 heavy (non-hydrogen) atoms. The lowest BCUT2D eigenvalue weighted by molar-refractivity contribution is 0.0570. The van der Waals surface area contributed by atoms with E-state index in [2.05, 4.69) is 16.8 Å². The van der Waals surface area contributed by atoms with E-state index in [1.165, 1.54) is 11.8 Å². The first-order chi connectivity index (χ1) is 16.9. The molecule has 2 aliphatic rings. The molecular weight excluding hydrogens is 486 g/mol. The van der Waals surface area contributed by atoms with Crippen molar-refractivity contribution in [2.75, 3.05) is 50.8 Å². The van der Waals surface area contributed by atoms with E-state index in [4.69, 9.17) is 21.3 Å². The minimum atomic E-state index is -0.317. The lowest BCUT2D eigenvalue weighted by Crippen LogP contribution is -2.50. The summed E-state index contributed by atoms with van der Waals surface area (Å²) in [7, 11) is 0. The van der Waals surface area contributed by atoms with Crippen LogP contribution in [0.4, 0.5) is 10.6 Å². The number of hydrogen-bond donors (Lipinski definition) is 0. The first-order valence-electron chi connectivity index (χ1n) is 12.1. The van der Waals surface area contributed by atoms with E-state index in [1.54, 1.807) is 16.7 Å². The van der Waals surface area contributed by atoms with Gasteiger partial charge in [-0.25, -0.2) is 14.8 Å². The van der Waals surface area contributed by atoms with Gasteiger partial charge in [0, 0.05) is 56.7 Å². The van der Waals surface area contributed by atoms with Crippen molar-refractivity contribution < 1.29 is 14.3 Å². The normalized spacial score (nSPS) is 16.9. The summed E-state index contributed by atoms with van der Waals surface area (Å²) in [6, 6.07) is 9.48. The van der Waals surface area contributed by atoms with Crippen LogP contribution in [0.1, 0.15) is 42.6 Å². The van der Waals surface area contributed by atoms with Crippen LogP contribution in [0.2, 0.25) is 5.15 Å². The molecule has 1 aromatic heterocycles. The fourth-order valence-electron chi connectivity index (χ4n) is 4.23. The monoisotopic (exact) mass is 517 g/mol. The number of nitrogens with zero attached hydrogens (tertiary/aromatic N) is 5. The summed E-state index contributed by atoms with van der Waals surface area (Å²) in [5.41, 5.74) is 1.72. The van der Waals surface area contributed by atoms with Crippen LogP contribution < -0.4 is 4.90 Å². The zero-order chi connectivity index (χ0) is 24.8. The smallest absolute Gasteiger partial charge is 0.409 e. The van der Waals surface area contributed by atoms with Gasteiger partial charge in [0.15, 0.2) is 5.16 Å². The van der Waals surface area contributed by atoms with Crippen molar-refractivity contribution in [3.8, 4) is 0 Å². The number of anilines is 1. The number of rotatable bonds is 6. The highest BCUT2D eigenvalue weighted by Crippen LogP contribution is 2.27. The van der Waals surface area contributed by atoms with Crippen LogP contribution in [0.25, 0.3) is 0 Å². The molecule has 2 aromatic rings. The topological polar surface area (TPSA) is 78.9 Å². The van der Waals surface area contributed by atoms with Gasteiger partial charge in [-0.15, -0.1) is 0 Å². The van der Waals surface area contributed by atoms with Crippen molar-refractivity contribution in [1.29, 1.82) is 0 Å².